The van der Waals surface area contributed by atoms with Gasteiger partial charge in [0.2, 0.25) is 0 Å². The molecule has 0 unspecified atom stereocenters. The largest absolute Gasteiger partial charge is 0.463 e. The smallest absolute Gasteiger partial charge is 0.171 e. The number of thiocarbonyl (C=S) groups is 1. The predicted octanol–water partition coefficient (Wildman–Crippen LogP) is 2.91. The maximum Gasteiger partial charge on any atom is 0.171 e. The van der Waals surface area contributed by atoms with Crippen LogP contribution >= 0.6 is 12.2 Å². The molecule has 0 aliphatic carbocycles. The second kappa shape index (κ2) is 7.80. The molecule has 2 aromatic rings. The van der Waals surface area contributed by atoms with Crippen molar-refractivity contribution in [2.45, 2.75) is 63.7 Å². The van der Waals surface area contributed by atoms with Crippen molar-refractivity contribution in [2.75, 3.05) is 5.32 Å². The van der Waals surface area contributed by atoms with Crippen molar-refractivity contribution in [3.63, 3.8) is 0 Å². The zero-order chi connectivity index (χ0) is 17.9. The summed E-state index contributed by atoms with van der Waals surface area (Å²) >= 11 is 5.60. The number of furan rings is 1. The van der Waals surface area contributed by atoms with E-state index < -0.39 is 0 Å². The summed E-state index contributed by atoms with van der Waals surface area (Å²) in [5.74, 6) is 1.11. The Labute approximate surface area is 161 Å². The summed E-state index contributed by atoms with van der Waals surface area (Å²) < 4.78 is 5.57. The van der Waals surface area contributed by atoms with Gasteiger partial charge in [0.05, 0.1) is 18.3 Å². The van der Waals surface area contributed by atoms with Gasteiger partial charge in [0, 0.05) is 37.4 Å². The molecule has 2 saturated heterocycles. The van der Waals surface area contributed by atoms with Crippen LogP contribution in [0.5, 0.6) is 0 Å². The molecule has 0 saturated carbocycles. The molecule has 2 atom stereocenters. The predicted molar refractivity (Wildman–Crippen MR) is 108 cm³/mol. The van der Waals surface area contributed by atoms with Crippen molar-refractivity contribution in [1.82, 2.24) is 5.32 Å². The summed E-state index contributed by atoms with van der Waals surface area (Å²) in [7, 11) is 0. The van der Waals surface area contributed by atoms with Gasteiger partial charge < -0.3 is 20.0 Å². The zero-order valence-electron chi connectivity index (χ0n) is 15.3. The summed E-state index contributed by atoms with van der Waals surface area (Å²) in [5, 5.41) is 7.74. The number of benzene rings is 1. The Morgan fingerprint density at radius 3 is 2.62 bits per heavy atom. The SMILES string of the molecule is CCc1ccccc1NC(=S)NC1C[C@H]2CC[C@H](C1)[NH+]2Cc1ccco1. The van der Waals surface area contributed by atoms with E-state index >= 15 is 0 Å². The van der Waals surface area contributed by atoms with Gasteiger partial charge in [-0.15, -0.1) is 0 Å². The number of rotatable bonds is 5. The van der Waals surface area contributed by atoms with Gasteiger partial charge in [-0.2, -0.15) is 0 Å². The lowest BCUT2D eigenvalue weighted by Gasteiger charge is -2.36. The van der Waals surface area contributed by atoms with E-state index in [1.54, 1.807) is 11.2 Å². The third-order valence-electron chi connectivity index (χ3n) is 5.99. The fourth-order valence-electron chi connectivity index (χ4n) is 4.74. The molecule has 0 spiro atoms. The molecule has 1 aromatic heterocycles. The molecule has 3 N–H and O–H groups in total. The Kier molecular flexibility index (Phi) is 5.27. The number of para-hydroxylation sites is 1. The van der Waals surface area contributed by atoms with Crippen LogP contribution < -0.4 is 15.5 Å². The molecule has 2 aliphatic heterocycles. The monoisotopic (exact) mass is 370 g/mol. The number of nitrogens with one attached hydrogen (secondary N) is 3. The topological polar surface area (TPSA) is 41.6 Å². The Morgan fingerprint density at radius 2 is 1.92 bits per heavy atom. The number of aryl methyl sites for hydroxylation is 1. The number of fused-ring (bicyclic) bond motifs is 2. The molecule has 138 valence electrons. The normalized spacial score (nSPS) is 27.3. The fraction of sp³-hybridized carbons (Fsp3) is 0.476. The summed E-state index contributed by atoms with van der Waals surface area (Å²) in [6, 6.07) is 14.4. The Hall–Kier alpha value is -1.85. The average molecular weight is 371 g/mol. The highest BCUT2D eigenvalue weighted by Crippen LogP contribution is 2.24. The minimum atomic E-state index is 0.474. The van der Waals surface area contributed by atoms with E-state index in [0.717, 1.165) is 29.5 Å². The Morgan fingerprint density at radius 1 is 1.15 bits per heavy atom. The maximum absolute atomic E-state index is 5.60. The third kappa shape index (κ3) is 3.79. The van der Waals surface area contributed by atoms with Crippen LogP contribution in [0, 0.1) is 0 Å². The van der Waals surface area contributed by atoms with E-state index in [1.165, 1.54) is 31.2 Å². The Bertz CT molecular complexity index is 731. The first-order chi connectivity index (χ1) is 12.7. The lowest BCUT2D eigenvalue weighted by molar-refractivity contribution is -0.955. The molecule has 2 bridgehead atoms. The van der Waals surface area contributed by atoms with Gasteiger partial charge in [-0.05, 0) is 42.4 Å². The number of piperidine rings is 1. The summed E-state index contributed by atoms with van der Waals surface area (Å²) in [4.78, 5) is 1.70. The summed E-state index contributed by atoms with van der Waals surface area (Å²) in [6.07, 6.45) is 7.79. The summed E-state index contributed by atoms with van der Waals surface area (Å²) in [6.45, 7) is 3.19. The van der Waals surface area contributed by atoms with Crippen molar-refractivity contribution >= 4 is 23.0 Å². The van der Waals surface area contributed by atoms with E-state index in [2.05, 4.69) is 47.9 Å². The zero-order valence-corrected chi connectivity index (χ0v) is 16.1. The molecule has 26 heavy (non-hydrogen) atoms. The van der Waals surface area contributed by atoms with Gasteiger partial charge in [0.25, 0.3) is 0 Å². The number of hydrogen-bond donors (Lipinski definition) is 3. The molecule has 0 amide bonds. The molecular formula is C21H28N3OS+. The maximum atomic E-state index is 5.60. The highest BCUT2D eigenvalue weighted by Gasteiger charge is 2.44. The lowest BCUT2D eigenvalue weighted by Crippen LogP contribution is -3.17. The number of hydrogen-bond acceptors (Lipinski definition) is 2. The van der Waals surface area contributed by atoms with Gasteiger partial charge in [-0.3, -0.25) is 0 Å². The van der Waals surface area contributed by atoms with Crippen molar-refractivity contribution in [2.24, 2.45) is 0 Å². The molecule has 1 aromatic carbocycles. The van der Waals surface area contributed by atoms with Crippen LogP contribution in [-0.2, 0) is 13.0 Å². The Balaban J connectivity index is 1.33. The van der Waals surface area contributed by atoms with Gasteiger partial charge in [-0.25, -0.2) is 0 Å². The minimum absolute atomic E-state index is 0.474. The van der Waals surface area contributed by atoms with Crippen LogP contribution in [0.2, 0.25) is 0 Å². The fourth-order valence-corrected chi connectivity index (χ4v) is 5.02. The van der Waals surface area contributed by atoms with E-state index in [9.17, 15) is 0 Å². The van der Waals surface area contributed by atoms with E-state index in [4.69, 9.17) is 16.6 Å². The second-order valence-electron chi connectivity index (χ2n) is 7.58. The first-order valence-corrected chi connectivity index (χ1v) is 10.2. The van der Waals surface area contributed by atoms with E-state index in [-0.39, 0.29) is 0 Å². The molecule has 4 nitrogen and oxygen atoms in total. The highest BCUT2D eigenvalue weighted by molar-refractivity contribution is 7.80. The van der Waals surface area contributed by atoms with Gasteiger partial charge in [0.15, 0.2) is 10.9 Å². The molecule has 4 rings (SSSR count). The van der Waals surface area contributed by atoms with Crippen molar-refractivity contribution < 1.29 is 9.32 Å². The highest BCUT2D eigenvalue weighted by atomic mass is 32.1. The first kappa shape index (κ1) is 17.6. The van der Waals surface area contributed by atoms with Gasteiger partial charge >= 0.3 is 0 Å². The van der Waals surface area contributed by atoms with Crippen LogP contribution in [0.15, 0.2) is 47.1 Å². The molecule has 2 aliphatic rings. The lowest BCUT2D eigenvalue weighted by atomic mass is 9.97. The molecule has 5 heteroatoms. The molecule has 0 radical (unpaired) electrons. The average Bonchev–Trinajstić information content (AvgIpc) is 3.22. The van der Waals surface area contributed by atoms with Crippen molar-refractivity contribution in [3.05, 3.63) is 54.0 Å². The van der Waals surface area contributed by atoms with Gasteiger partial charge in [0.1, 0.15) is 6.54 Å². The van der Waals surface area contributed by atoms with Crippen LogP contribution in [0.4, 0.5) is 5.69 Å². The molecule has 3 heterocycles. The second-order valence-corrected chi connectivity index (χ2v) is 7.99. The third-order valence-corrected chi connectivity index (χ3v) is 6.21. The van der Waals surface area contributed by atoms with Crippen LogP contribution in [0.1, 0.15) is 43.9 Å². The van der Waals surface area contributed by atoms with Crippen LogP contribution in [0.3, 0.4) is 0 Å². The van der Waals surface area contributed by atoms with Gasteiger partial charge in [-0.1, -0.05) is 25.1 Å². The molecule has 2 fully saturated rings. The van der Waals surface area contributed by atoms with Crippen molar-refractivity contribution in [1.29, 1.82) is 0 Å². The van der Waals surface area contributed by atoms with E-state index in [0.29, 0.717) is 18.1 Å². The number of quaternary nitrogens is 1. The van der Waals surface area contributed by atoms with Crippen LogP contribution in [-0.4, -0.2) is 23.2 Å². The van der Waals surface area contributed by atoms with Crippen LogP contribution in [0.25, 0.3) is 0 Å². The minimum Gasteiger partial charge on any atom is -0.463 e. The quantitative estimate of drug-likeness (QED) is 0.708. The summed E-state index contributed by atoms with van der Waals surface area (Å²) in [5.41, 5.74) is 2.42. The number of anilines is 1. The standard InChI is InChI=1S/C21H27N3OS/c1-2-15-6-3-4-8-20(15)23-21(26)22-16-12-17-9-10-18(13-16)24(17)14-19-7-5-11-25-19/h3-8,11,16-18H,2,9-10,12-14H2,1H3,(H2,22,23,26)/p+1/t17-,18-/m1/s1. The molecular weight excluding hydrogens is 342 g/mol. The van der Waals surface area contributed by atoms with Crippen molar-refractivity contribution in [3.8, 4) is 0 Å². The van der Waals surface area contributed by atoms with E-state index in [1.807, 2.05) is 6.07 Å². The first-order valence-electron chi connectivity index (χ1n) is 9.76.